The standard InChI is InChI=1S/C10H20N/c1-4-11-10-6-5-8(2)7-9(10)3/h8-11H,1,4-7H2,2-3H3. The van der Waals surface area contributed by atoms with Gasteiger partial charge in [0.25, 0.3) is 0 Å². The maximum absolute atomic E-state index is 3.82. The molecule has 0 aromatic rings. The third kappa shape index (κ3) is 2.48. The van der Waals surface area contributed by atoms with Crippen LogP contribution < -0.4 is 5.32 Å². The maximum Gasteiger partial charge on any atom is 0.00928 e. The third-order valence-electron chi connectivity index (χ3n) is 2.84. The molecule has 0 spiro atoms. The molecule has 1 N–H and O–H groups in total. The molecule has 0 heterocycles. The topological polar surface area (TPSA) is 12.0 Å². The van der Waals surface area contributed by atoms with Crippen molar-refractivity contribution in [2.24, 2.45) is 11.8 Å². The van der Waals surface area contributed by atoms with Gasteiger partial charge in [-0.3, -0.25) is 0 Å². The van der Waals surface area contributed by atoms with Crippen molar-refractivity contribution < 1.29 is 0 Å². The van der Waals surface area contributed by atoms with Gasteiger partial charge in [0.15, 0.2) is 0 Å². The molecule has 0 aliphatic heterocycles. The molecule has 1 aliphatic rings. The lowest BCUT2D eigenvalue weighted by molar-refractivity contribution is 0.233. The average molecular weight is 154 g/mol. The molecular formula is C10H20N. The van der Waals surface area contributed by atoms with Gasteiger partial charge in [0.1, 0.15) is 0 Å². The third-order valence-corrected chi connectivity index (χ3v) is 2.84. The van der Waals surface area contributed by atoms with Crippen LogP contribution in [0.4, 0.5) is 0 Å². The molecule has 1 nitrogen and oxygen atoms in total. The van der Waals surface area contributed by atoms with Gasteiger partial charge >= 0.3 is 0 Å². The van der Waals surface area contributed by atoms with Gasteiger partial charge in [0, 0.05) is 6.04 Å². The molecule has 0 bridgehead atoms. The quantitative estimate of drug-likeness (QED) is 0.643. The smallest absolute Gasteiger partial charge is 0.00928 e. The predicted molar refractivity (Wildman–Crippen MR) is 49.3 cm³/mol. The van der Waals surface area contributed by atoms with E-state index in [9.17, 15) is 0 Å². The minimum atomic E-state index is 0.740. The monoisotopic (exact) mass is 154 g/mol. The molecule has 0 saturated heterocycles. The second-order valence-corrected chi connectivity index (χ2v) is 3.96. The zero-order valence-corrected chi connectivity index (χ0v) is 7.77. The van der Waals surface area contributed by atoms with Gasteiger partial charge in [-0.2, -0.15) is 0 Å². The first-order valence-corrected chi connectivity index (χ1v) is 4.76. The SMILES string of the molecule is [CH2]CNC1CCC(C)CC1C. The first kappa shape index (κ1) is 9.05. The lowest BCUT2D eigenvalue weighted by atomic mass is 9.80. The largest absolute Gasteiger partial charge is 0.314 e. The van der Waals surface area contributed by atoms with Crippen molar-refractivity contribution in [2.75, 3.05) is 6.54 Å². The Morgan fingerprint density at radius 3 is 2.64 bits per heavy atom. The molecular weight excluding hydrogens is 134 g/mol. The molecule has 65 valence electrons. The Kier molecular flexibility index (Phi) is 3.38. The van der Waals surface area contributed by atoms with Gasteiger partial charge in [-0.1, -0.05) is 13.8 Å². The Labute approximate surface area is 70.6 Å². The van der Waals surface area contributed by atoms with E-state index in [0.717, 1.165) is 24.4 Å². The van der Waals surface area contributed by atoms with Crippen molar-refractivity contribution in [1.29, 1.82) is 0 Å². The molecule has 1 rings (SSSR count). The number of hydrogen-bond acceptors (Lipinski definition) is 1. The predicted octanol–water partition coefficient (Wildman–Crippen LogP) is 2.23. The van der Waals surface area contributed by atoms with Crippen molar-refractivity contribution in [3.63, 3.8) is 0 Å². The molecule has 3 unspecified atom stereocenters. The zero-order valence-electron chi connectivity index (χ0n) is 7.77. The minimum Gasteiger partial charge on any atom is -0.314 e. The first-order chi connectivity index (χ1) is 5.24. The fourth-order valence-corrected chi connectivity index (χ4v) is 2.15. The van der Waals surface area contributed by atoms with E-state index in [4.69, 9.17) is 0 Å². The molecule has 11 heavy (non-hydrogen) atoms. The van der Waals surface area contributed by atoms with Crippen LogP contribution in [0.3, 0.4) is 0 Å². The van der Waals surface area contributed by atoms with Crippen LogP contribution in [-0.2, 0) is 0 Å². The van der Waals surface area contributed by atoms with Gasteiger partial charge < -0.3 is 5.32 Å². The molecule has 0 amide bonds. The summed E-state index contributed by atoms with van der Waals surface area (Å²) in [6.07, 6.45) is 4.12. The first-order valence-electron chi connectivity index (χ1n) is 4.76. The summed E-state index contributed by atoms with van der Waals surface area (Å²) < 4.78 is 0. The summed E-state index contributed by atoms with van der Waals surface area (Å²) in [4.78, 5) is 0. The number of rotatable bonds is 2. The van der Waals surface area contributed by atoms with Crippen LogP contribution in [0.25, 0.3) is 0 Å². The molecule has 1 fully saturated rings. The van der Waals surface area contributed by atoms with Gasteiger partial charge in [-0.05, 0) is 44.6 Å². The molecule has 1 heteroatoms. The zero-order chi connectivity index (χ0) is 8.27. The second-order valence-electron chi connectivity index (χ2n) is 3.96. The molecule has 0 aromatic carbocycles. The van der Waals surface area contributed by atoms with E-state index in [0.29, 0.717) is 0 Å². The van der Waals surface area contributed by atoms with Crippen LogP contribution in [0, 0.1) is 18.8 Å². The highest BCUT2D eigenvalue weighted by Gasteiger charge is 2.23. The Hall–Kier alpha value is -0.0400. The number of hydrogen-bond donors (Lipinski definition) is 1. The van der Waals surface area contributed by atoms with Crippen molar-refractivity contribution in [3.8, 4) is 0 Å². The molecule has 0 aromatic heterocycles. The van der Waals surface area contributed by atoms with Crippen LogP contribution in [0.1, 0.15) is 33.1 Å². The van der Waals surface area contributed by atoms with Crippen LogP contribution in [0.5, 0.6) is 0 Å². The van der Waals surface area contributed by atoms with E-state index < -0.39 is 0 Å². The van der Waals surface area contributed by atoms with Gasteiger partial charge in [-0.25, -0.2) is 0 Å². The summed E-state index contributed by atoms with van der Waals surface area (Å²) >= 11 is 0. The van der Waals surface area contributed by atoms with E-state index in [1.165, 1.54) is 19.3 Å². The van der Waals surface area contributed by atoms with Crippen molar-refractivity contribution in [2.45, 2.75) is 39.2 Å². The lowest BCUT2D eigenvalue weighted by Crippen LogP contribution is -2.38. The van der Waals surface area contributed by atoms with Gasteiger partial charge in [0.05, 0.1) is 0 Å². The molecule has 3 atom stereocenters. The highest BCUT2D eigenvalue weighted by atomic mass is 14.9. The molecule has 1 radical (unpaired) electrons. The highest BCUT2D eigenvalue weighted by molar-refractivity contribution is 4.80. The molecule has 1 aliphatic carbocycles. The summed E-state index contributed by atoms with van der Waals surface area (Å²) in [5.41, 5.74) is 0. The van der Waals surface area contributed by atoms with Crippen molar-refractivity contribution in [1.82, 2.24) is 5.32 Å². The summed E-state index contributed by atoms with van der Waals surface area (Å²) in [6.45, 7) is 9.41. The van der Waals surface area contributed by atoms with E-state index in [-0.39, 0.29) is 0 Å². The summed E-state index contributed by atoms with van der Waals surface area (Å²) in [6, 6.07) is 0.740. The van der Waals surface area contributed by atoms with Gasteiger partial charge in [-0.15, -0.1) is 0 Å². The second kappa shape index (κ2) is 4.10. The lowest BCUT2D eigenvalue weighted by Gasteiger charge is -2.32. The number of nitrogens with one attached hydrogen (secondary N) is 1. The average Bonchev–Trinajstić information content (AvgIpc) is 1.95. The van der Waals surface area contributed by atoms with Crippen LogP contribution >= 0.6 is 0 Å². The Bertz CT molecular complexity index is 111. The van der Waals surface area contributed by atoms with Crippen molar-refractivity contribution in [3.05, 3.63) is 6.92 Å². The highest BCUT2D eigenvalue weighted by Crippen LogP contribution is 2.28. The van der Waals surface area contributed by atoms with E-state index in [1.54, 1.807) is 0 Å². The summed E-state index contributed by atoms with van der Waals surface area (Å²) in [7, 11) is 0. The Balaban J connectivity index is 2.31. The van der Waals surface area contributed by atoms with E-state index >= 15 is 0 Å². The Morgan fingerprint density at radius 2 is 2.09 bits per heavy atom. The van der Waals surface area contributed by atoms with Crippen molar-refractivity contribution >= 4 is 0 Å². The summed E-state index contributed by atoms with van der Waals surface area (Å²) in [5.74, 6) is 1.79. The summed E-state index contributed by atoms with van der Waals surface area (Å²) in [5, 5.41) is 3.44. The fraction of sp³-hybridized carbons (Fsp3) is 0.900. The van der Waals surface area contributed by atoms with Crippen LogP contribution in [-0.4, -0.2) is 12.6 Å². The minimum absolute atomic E-state index is 0.740. The van der Waals surface area contributed by atoms with Gasteiger partial charge in [0.2, 0.25) is 0 Å². The van der Waals surface area contributed by atoms with E-state index in [2.05, 4.69) is 26.1 Å². The van der Waals surface area contributed by atoms with Crippen LogP contribution in [0.2, 0.25) is 0 Å². The fourth-order valence-electron chi connectivity index (χ4n) is 2.15. The maximum atomic E-state index is 3.82. The van der Waals surface area contributed by atoms with E-state index in [1.807, 2.05) is 0 Å². The normalized spacial score (nSPS) is 39.0. The molecule has 1 saturated carbocycles. The van der Waals surface area contributed by atoms with Crippen LogP contribution in [0.15, 0.2) is 0 Å². The Morgan fingerprint density at radius 1 is 1.36 bits per heavy atom.